The number of amides is 3. The molecule has 1 aromatic carbocycles. The number of carbonyl (C=O) groups is 3. The quantitative estimate of drug-likeness (QED) is 0.334. The Kier molecular flexibility index (Phi) is 8.54. The number of hydrogen-bond acceptors (Lipinski definition) is 7. The Morgan fingerprint density at radius 1 is 0.950 bits per heavy atom. The zero-order chi connectivity index (χ0) is 28.2. The molecular formula is C30H37N5O4S. The molecule has 2 fully saturated rings. The molecule has 2 aliphatic rings. The minimum Gasteiger partial charge on any atom is -0.464 e. The number of carbonyl (C=O) groups excluding carboxylic acids is 3. The highest BCUT2D eigenvalue weighted by Crippen LogP contribution is 2.36. The lowest BCUT2D eigenvalue weighted by Gasteiger charge is -2.31. The van der Waals surface area contributed by atoms with E-state index in [0.717, 1.165) is 68.5 Å². The van der Waals surface area contributed by atoms with Gasteiger partial charge in [-0.3, -0.25) is 19.3 Å². The van der Waals surface area contributed by atoms with Gasteiger partial charge in [-0.25, -0.2) is 0 Å². The number of para-hydroxylation sites is 1. The summed E-state index contributed by atoms with van der Waals surface area (Å²) in [6.45, 7) is 3.68. The van der Waals surface area contributed by atoms with E-state index >= 15 is 0 Å². The molecule has 40 heavy (non-hydrogen) atoms. The molecule has 5 rings (SSSR count). The van der Waals surface area contributed by atoms with E-state index in [-0.39, 0.29) is 40.2 Å². The zero-order valence-corrected chi connectivity index (χ0v) is 23.9. The second-order valence-corrected chi connectivity index (χ2v) is 11.7. The summed E-state index contributed by atoms with van der Waals surface area (Å²) in [5.41, 5.74) is 7.85. The van der Waals surface area contributed by atoms with Crippen LogP contribution >= 0.6 is 11.5 Å². The molecule has 0 bridgehead atoms. The van der Waals surface area contributed by atoms with Crippen LogP contribution in [0.15, 0.2) is 40.8 Å². The maximum Gasteiger partial charge on any atom is 0.273 e. The maximum atomic E-state index is 14.4. The number of furan rings is 1. The normalized spacial score (nSPS) is 16.9. The number of anilines is 2. The van der Waals surface area contributed by atoms with Crippen LogP contribution in [0.5, 0.6) is 0 Å². The van der Waals surface area contributed by atoms with Gasteiger partial charge in [0.1, 0.15) is 16.4 Å². The average molecular weight is 564 g/mol. The molecule has 212 valence electrons. The van der Waals surface area contributed by atoms with Crippen molar-refractivity contribution in [2.45, 2.75) is 89.8 Å². The van der Waals surface area contributed by atoms with Crippen molar-refractivity contribution in [2.24, 2.45) is 0 Å². The maximum absolute atomic E-state index is 14.4. The summed E-state index contributed by atoms with van der Waals surface area (Å²) in [4.78, 5) is 42.9. The summed E-state index contributed by atoms with van der Waals surface area (Å²) in [6.07, 6.45) is 9.06. The fourth-order valence-electron chi connectivity index (χ4n) is 5.75. The third-order valence-electron chi connectivity index (χ3n) is 7.91. The van der Waals surface area contributed by atoms with E-state index in [1.807, 2.05) is 25.1 Å². The fourth-order valence-corrected chi connectivity index (χ4v) is 6.48. The summed E-state index contributed by atoms with van der Waals surface area (Å²) in [5.74, 6) is -0.232. The Balaban J connectivity index is 1.52. The largest absolute Gasteiger partial charge is 0.464 e. The lowest BCUT2D eigenvalue weighted by Crippen LogP contribution is -2.46. The van der Waals surface area contributed by atoms with Crippen LogP contribution < -0.4 is 21.3 Å². The van der Waals surface area contributed by atoms with E-state index in [2.05, 4.69) is 15.0 Å². The first-order valence-corrected chi connectivity index (χ1v) is 14.9. The highest BCUT2D eigenvalue weighted by atomic mass is 32.1. The van der Waals surface area contributed by atoms with Crippen molar-refractivity contribution in [2.75, 3.05) is 10.6 Å². The van der Waals surface area contributed by atoms with Crippen LogP contribution in [-0.2, 0) is 4.79 Å². The molecule has 0 aliphatic heterocycles. The Morgan fingerprint density at radius 2 is 1.60 bits per heavy atom. The monoisotopic (exact) mass is 563 g/mol. The molecule has 4 N–H and O–H groups in total. The second kappa shape index (κ2) is 12.2. The molecule has 9 nitrogen and oxygen atoms in total. The Bertz CT molecular complexity index is 1370. The van der Waals surface area contributed by atoms with Crippen LogP contribution in [0.2, 0.25) is 0 Å². The van der Waals surface area contributed by atoms with E-state index in [1.165, 1.54) is 11.3 Å². The first-order valence-electron chi connectivity index (χ1n) is 14.2. The van der Waals surface area contributed by atoms with Crippen molar-refractivity contribution in [1.29, 1.82) is 0 Å². The van der Waals surface area contributed by atoms with Crippen LogP contribution in [-0.4, -0.2) is 34.2 Å². The predicted octanol–water partition coefficient (Wildman–Crippen LogP) is 5.44. The minimum absolute atomic E-state index is 0.0208. The smallest absolute Gasteiger partial charge is 0.273 e. The minimum atomic E-state index is -1.08. The first-order chi connectivity index (χ1) is 19.3. The lowest BCUT2D eigenvalue weighted by atomic mass is 9.95. The summed E-state index contributed by atoms with van der Waals surface area (Å²) >= 11 is 0.877. The van der Waals surface area contributed by atoms with Gasteiger partial charge in [0.25, 0.3) is 17.7 Å². The van der Waals surface area contributed by atoms with Crippen molar-refractivity contribution in [1.82, 2.24) is 15.0 Å². The first kappa shape index (κ1) is 27.9. The Hall–Kier alpha value is -3.66. The molecule has 0 saturated heterocycles. The van der Waals surface area contributed by atoms with Gasteiger partial charge in [0.05, 0.1) is 5.69 Å². The SMILES string of the molecule is Cc1ccc([C@@H](C(=O)NC2CCCC2)N(C(=O)c2snc(C(=O)NC3CCCCC3)c2N)c2ccccc2C)o1. The summed E-state index contributed by atoms with van der Waals surface area (Å²) in [5, 5.41) is 6.18. The fraction of sp³-hybridized carbons (Fsp3) is 0.467. The number of aryl methyl sites for hydroxylation is 2. The Morgan fingerprint density at radius 3 is 2.25 bits per heavy atom. The van der Waals surface area contributed by atoms with E-state index in [4.69, 9.17) is 10.2 Å². The molecule has 0 unspecified atom stereocenters. The third-order valence-corrected chi connectivity index (χ3v) is 8.76. The molecular weight excluding hydrogens is 526 g/mol. The number of benzene rings is 1. The molecule has 10 heteroatoms. The number of aromatic nitrogens is 1. The number of nitrogens with zero attached hydrogens (tertiary/aromatic N) is 2. The van der Waals surface area contributed by atoms with Gasteiger partial charge in [-0.1, -0.05) is 50.3 Å². The Labute approximate surface area is 238 Å². The predicted molar refractivity (Wildman–Crippen MR) is 155 cm³/mol. The van der Waals surface area contributed by atoms with Gasteiger partial charge in [0, 0.05) is 17.8 Å². The van der Waals surface area contributed by atoms with E-state index in [1.54, 1.807) is 25.1 Å². The number of rotatable bonds is 8. The van der Waals surface area contributed by atoms with Crippen LogP contribution in [0.4, 0.5) is 11.4 Å². The molecule has 1 atom stereocenters. The zero-order valence-electron chi connectivity index (χ0n) is 23.1. The summed E-state index contributed by atoms with van der Waals surface area (Å²) < 4.78 is 10.3. The van der Waals surface area contributed by atoms with Crippen molar-refractivity contribution in [3.8, 4) is 0 Å². The van der Waals surface area contributed by atoms with Crippen LogP contribution in [0.1, 0.15) is 101 Å². The number of nitrogens with one attached hydrogen (secondary N) is 2. The molecule has 2 aliphatic carbocycles. The molecule has 2 saturated carbocycles. The lowest BCUT2D eigenvalue weighted by molar-refractivity contribution is -0.123. The molecule has 0 radical (unpaired) electrons. The number of hydrogen-bond donors (Lipinski definition) is 3. The van der Waals surface area contributed by atoms with Gasteiger partial charge < -0.3 is 20.8 Å². The number of nitrogens with two attached hydrogens (primary N) is 1. The summed E-state index contributed by atoms with van der Waals surface area (Å²) in [6, 6.07) is 9.93. The van der Waals surface area contributed by atoms with Gasteiger partial charge in [-0.15, -0.1) is 0 Å². The molecule has 3 amide bonds. The van der Waals surface area contributed by atoms with Crippen molar-refractivity contribution in [3.05, 3.63) is 64.1 Å². The third kappa shape index (κ3) is 5.91. The van der Waals surface area contributed by atoms with Crippen molar-refractivity contribution < 1.29 is 18.8 Å². The van der Waals surface area contributed by atoms with Gasteiger partial charge in [-0.2, -0.15) is 4.37 Å². The number of nitrogen functional groups attached to an aromatic ring is 1. The molecule has 2 heterocycles. The van der Waals surface area contributed by atoms with Gasteiger partial charge in [0.2, 0.25) is 0 Å². The van der Waals surface area contributed by atoms with Crippen LogP contribution in [0.25, 0.3) is 0 Å². The average Bonchev–Trinajstić information content (AvgIpc) is 3.70. The van der Waals surface area contributed by atoms with Gasteiger partial charge in [-0.05, 0) is 74.8 Å². The highest BCUT2D eigenvalue weighted by molar-refractivity contribution is 7.09. The van der Waals surface area contributed by atoms with Crippen molar-refractivity contribution >= 4 is 40.6 Å². The van der Waals surface area contributed by atoms with E-state index < -0.39 is 11.9 Å². The van der Waals surface area contributed by atoms with E-state index in [0.29, 0.717) is 17.2 Å². The standard InChI is InChI=1S/C30H37N5O4S/c1-18-10-6-9-15-22(18)35(26(23-17-16-19(2)39-23)29(37)33-21-13-7-8-14-21)30(38)27-24(31)25(34-40-27)28(36)32-20-11-4-3-5-12-20/h6,9-10,15-17,20-21,26H,3-5,7-8,11-14,31H2,1-2H3,(H,32,36)(H,33,37)/t26-/m0/s1. The molecule has 3 aromatic rings. The highest BCUT2D eigenvalue weighted by Gasteiger charge is 2.39. The van der Waals surface area contributed by atoms with Crippen LogP contribution in [0, 0.1) is 13.8 Å². The second-order valence-electron chi connectivity index (χ2n) is 10.9. The van der Waals surface area contributed by atoms with Gasteiger partial charge >= 0.3 is 0 Å². The molecule has 0 spiro atoms. The topological polar surface area (TPSA) is 131 Å². The van der Waals surface area contributed by atoms with Gasteiger partial charge in [0.15, 0.2) is 11.7 Å². The van der Waals surface area contributed by atoms with Crippen LogP contribution in [0.3, 0.4) is 0 Å². The van der Waals surface area contributed by atoms with E-state index in [9.17, 15) is 14.4 Å². The van der Waals surface area contributed by atoms with Crippen molar-refractivity contribution in [3.63, 3.8) is 0 Å². The molecule has 2 aromatic heterocycles. The summed E-state index contributed by atoms with van der Waals surface area (Å²) in [7, 11) is 0.